The molecule has 334 valence electrons. The van der Waals surface area contributed by atoms with Gasteiger partial charge in [0, 0.05) is 48.6 Å². The number of hydrogen-bond donors (Lipinski definition) is 0. The van der Waals surface area contributed by atoms with Crippen LogP contribution in [0.1, 0.15) is 46.2 Å². The van der Waals surface area contributed by atoms with Crippen LogP contribution in [0.5, 0.6) is 0 Å². The number of anilines is 3. The van der Waals surface area contributed by atoms with E-state index in [1.165, 1.54) is 108 Å². The van der Waals surface area contributed by atoms with Gasteiger partial charge in [-0.25, -0.2) is 0 Å². The standard InChI is InChI=1S/C69H47NS/c1-68-38-13-12-25-61(68)58-24-8-10-26-62(58)69(68)63-36-32-46-15-2-5-21-55(46)67(63)59-35-33-52(43-64(59)69)70(51-34-37-66-60(42-51)57-23-9-11-27-65(57)71-66)50-18-14-17-47(41-50)45-30-28-44(29-31-45)39-49-40-48-16-3-4-19-53(48)56-22-7-6-20-54(49)56/h2-38,40-43,61H,39H2,1H3. The first-order valence-corrected chi connectivity index (χ1v) is 25.8. The summed E-state index contributed by atoms with van der Waals surface area (Å²) in [4.78, 5) is 2.51. The molecule has 12 aromatic rings. The second-order valence-corrected chi connectivity index (χ2v) is 21.2. The molecule has 1 heterocycles. The first-order chi connectivity index (χ1) is 35.0. The van der Waals surface area contributed by atoms with E-state index >= 15 is 0 Å². The van der Waals surface area contributed by atoms with Gasteiger partial charge in [-0.1, -0.05) is 207 Å². The Kier molecular flexibility index (Phi) is 8.77. The number of benzene rings is 11. The van der Waals surface area contributed by atoms with E-state index in [4.69, 9.17) is 0 Å². The molecule has 15 rings (SSSR count). The van der Waals surface area contributed by atoms with Gasteiger partial charge in [-0.15, -0.1) is 11.3 Å². The Hall–Kier alpha value is -8.30. The van der Waals surface area contributed by atoms with E-state index in [0.29, 0.717) is 0 Å². The fourth-order valence-electron chi connectivity index (χ4n) is 13.4. The second-order valence-electron chi connectivity index (χ2n) is 20.1. The Balaban J connectivity index is 0.904. The van der Waals surface area contributed by atoms with Gasteiger partial charge in [-0.05, 0) is 143 Å². The van der Waals surface area contributed by atoms with Crippen molar-refractivity contribution >= 4 is 80.9 Å². The minimum atomic E-state index is -0.428. The van der Waals surface area contributed by atoms with E-state index in [0.717, 1.165) is 23.5 Å². The van der Waals surface area contributed by atoms with Crippen LogP contribution in [0.25, 0.3) is 74.7 Å². The molecule has 3 atom stereocenters. The number of thiophene rings is 1. The van der Waals surface area contributed by atoms with Gasteiger partial charge in [0.15, 0.2) is 0 Å². The summed E-state index contributed by atoms with van der Waals surface area (Å²) in [5.41, 5.74) is 16.1. The molecule has 1 nitrogen and oxygen atoms in total. The molecule has 71 heavy (non-hydrogen) atoms. The molecule has 0 radical (unpaired) electrons. The predicted molar refractivity (Wildman–Crippen MR) is 302 cm³/mol. The lowest BCUT2D eigenvalue weighted by Crippen LogP contribution is -2.42. The molecule has 0 bridgehead atoms. The first kappa shape index (κ1) is 40.6. The van der Waals surface area contributed by atoms with E-state index < -0.39 is 5.41 Å². The van der Waals surface area contributed by atoms with Gasteiger partial charge in [-0.2, -0.15) is 0 Å². The lowest BCUT2D eigenvalue weighted by molar-refractivity contribution is 0.294. The quantitative estimate of drug-likeness (QED) is 0.150. The van der Waals surface area contributed by atoms with Crippen molar-refractivity contribution in [1.82, 2.24) is 0 Å². The molecule has 11 aromatic carbocycles. The molecular formula is C69H47NS. The van der Waals surface area contributed by atoms with Crippen LogP contribution in [0.3, 0.4) is 0 Å². The van der Waals surface area contributed by atoms with Gasteiger partial charge in [0.05, 0.1) is 5.41 Å². The summed E-state index contributed by atoms with van der Waals surface area (Å²) in [6, 6.07) is 84.9. The highest BCUT2D eigenvalue weighted by atomic mass is 32.1. The molecule has 3 aliphatic rings. The Bertz CT molecular complexity index is 4250. The third-order valence-electron chi connectivity index (χ3n) is 16.5. The summed E-state index contributed by atoms with van der Waals surface area (Å²) in [6.45, 7) is 2.52. The number of hydrogen-bond acceptors (Lipinski definition) is 2. The number of fused-ring (bicyclic) bond motifs is 18. The summed E-state index contributed by atoms with van der Waals surface area (Å²) in [5, 5.41) is 10.4. The van der Waals surface area contributed by atoms with Crippen molar-refractivity contribution in [2.45, 2.75) is 24.7 Å². The Morgan fingerprint density at radius 1 is 0.451 bits per heavy atom. The van der Waals surface area contributed by atoms with Crippen molar-refractivity contribution in [3.63, 3.8) is 0 Å². The third kappa shape index (κ3) is 5.80. The maximum Gasteiger partial charge on any atom is 0.0564 e. The van der Waals surface area contributed by atoms with Crippen molar-refractivity contribution in [2.75, 3.05) is 4.90 Å². The Labute approximate surface area is 417 Å². The van der Waals surface area contributed by atoms with Crippen molar-refractivity contribution in [2.24, 2.45) is 5.41 Å². The topological polar surface area (TPSA) is 3.24 Å². The normalized spacial score (nSPS) is 18.4. The molecule has 3 aliphatic carbocycles. The highest BCUT2D eigenvalue weighted by molar-refractivity contribution is 7.25. The zero-order valence-corrected chi connectivity index (χ0v) is 40.1. The summed E-state index contributed by atoms with van der Waals surface area (Å²) in [5.74, 6) is 0.234. The maximum absolute atomic E-state index is 2.56. The van der Waals surface area contributed by atoms with Crippen molar-refractivity contribution in [3.8, 4) is 22.3 Å². The molecule has 0 N–H and O–H groups in total. The Morgan fingerprint density at radius 3 is 2.04 bits per heavy atom. The monoisotopic (exact) mass is 921 g/mol. The zero-order chi connectivity index (χ0) is 46.8. The minimum Gasteiger partial charge on any atom is -0.310 e. The fourth-order valence-corrected chi connectivity index (χ4v) is 14.5. The minimum absolute atomic E-state index is 0.234. The van der Waals surface area contributed by atoms with Gasteiger partial charge < -0.3 is 4.90 Å². The molecule has 2 heteroatoms. The van der Waals surface area contributed by atoms with Crippen LogP contribution in [0.15, 0.2) is 249 Å². The predicted octanol–water partition coefficient (Wildman–Crippen LogP) is 18.8. The maximum atomic E-state index is 2.56. The van der Waals surface area contributed by atoms with E-state index in [-0.39, 0.29) is 11.3 Å². The molecule has 0 aliphatic heterocycles. The van der Waals surface area contributed by atoms with Crippen LogP contribution >= 0.6 is 11.3 Å². The molecular weight excluding hydrogens is 875 g/mol. The smallest absolute Gasteiger partial charge is 0.0564 e. The van der Waals surface area contributed by atoms with Crippen molar-refractivity contribution in [3.05, 3.63) is 282 Å². The lowest BCUT2D eigenvalue weighted by atomic mass is 9.56. The summed E-state index contributed by atoms with van der Waals surface area (Å²) in [7, 11) is 0. The van der Waals surface area contributed by atoms with E-state index in [9.17, 15) is 0 Å². The zero-order valence-electron chi connectivity index (χ0n) is 39.3. The second kappa shape index (κ2) is 15.3. The van der Waals surface area contributed by atoms with Crippen LogP contribution < -0.4 is 4.90 Å². The molecule has 1 spiro atoms. The van der Waals surface area contributed by atoms with Crippen LogP contribution in [0, 0.1) is 5.41 Å². The molecule has 0 saturated carbocycles. The van der Waals surface area contributed by atoms with E-state index in [1.807, 2.05) is 11.3 Å². The van der Waals surface area contributed by atoms with Crippen LogP contribution in [-0.4, -0.2) is 0 Å². The van der Waals surface area contributed by atoms with E-state index in [2.05, 4.69) is 261 Å². The van der Waals surface area contributed by atoms with Gasteiger partial charge in [-0.3, -0.25) is 0 Å². The van der Waals surface area contributed by atoms with Gasteiger partial charge in [0.25, 0.3) is 0 Å². The Morgan fingerprint density at radius 2 is 1.15 bits per heavy atom. The van der Waals surface area contributed by atoms with Crippen LogP contribution in [0.4, 0.5) is 17.1 Å². The summed E-state index contributed by atoms with van der Waals surface area (Å²) in [6.07, 6.45) is 10.4. The van der Waals surface area contributed by atoms with Crippen LogP contribution in [-0.2, 0) is 11.8 Å². The highest BCUT2D eigenvalue weighted by Gasteiger charge is 2.63. The largest absolute Gasteiger partial charge is 0.310 e. The molecule has 0 fully saturated rings. The van der Waals surface area contributed by atoms with Crippen molar-refractivity contribution < 1.29 is 0 Å². The number of rotatable bonds is 6. The van der Waals surface area contributed by atoms with Crippen molar-refractivity contribution in [1.29, 1.82) is 0 Å². The summed E-state index contributed by atoms with van der Waals surface area (Å²) < 4.78 is 2.61. The fraction of sp³-hybridized carbons (Fsp3) is 0.0725. The molecule has 0 saturated heterocycles. The average molecular weight is 922 g/mol. The van der Waals surface area contributed by atoms with Gasteiger partial charge >= 0.3 is 0 Å². The van der Waals surface area contributed by atoms with Crippen LogP contribution in [0.2, 0.25) is 0 Å². The molecule has 1 aromatic heterocycles. The lowest BCUT2D eigenvalue weighted by Gasteiger charge is -2.45. The average Bonchev–Trinajstić information content (AvgIpc) is 4.03. The first-order valence-electron chi connectivity index (χ1n) is 25.0. The van der Waals surface area contributed by atoms with E-state index in [1.54, 1.807) is 0 Å². The SMILES string of the molecule is CC12C=CC=CC1c1ccccc1C21c2cc(N(c3cccc(-c4ccc(Cc5cc6ccccc6c6ccccc56)cc4)c3)c3ccc4sc5ccccc5c4c3)ccc2-c2c1ccc1ccccc21. The number of allylic oxidation sites excluding steroid dienone is 4. The number of nitrogens with zero attached hydrogens (tertiary/aromatic N) is 1. The van der Waals surface area contributed by atoms with Gasteiger partial charge in [0.1, 0.15) is 0 Å². The molecule has 0 amide bonds. The molecule has 3 unspecified atom stereocenters. The summed E-state index contributed by atoms with van der Waals surface area (Å²) >= 11 is 1.87. The third-order valence-corrected chi connectivity index (χ3v) is 17.7. The van der Waals surface area contributed by atoms with Gasteiger partial charge in [0.2, 0.25) is 0 Å². The highest BCUT2D eigenvalue weighted by Crippen LogP contribution is 2.71.